The maximum Gasteiger partial charge on any atom is 0.417 e. The quantitative estimate of drug-likeness (QED) is 0.184. The molecule has 0 spiro atoms. The number of hydrogen-bond donors (Lipinski definition) is 2. The van der Waals surface area contributed by atoms with Crippen molar-refractivity contribution in [3.05, 3.63) is 65.2 Å². The number of nitrogens with one attached hydrogen (secondary N) is 1. The second-order valence-electron chi connectivity index (χ2n) is 13.7. The Bertz CT molecular complexity index is 1990. The minimum atomic E-state index is -5.13. The van der Waals surface area contributed by atoms with Crippen LogP contribution in [0.2, 0.25) is 0 Å². The van der Waals surface area contributed by atoms with Crippen LogP contribution in [0, 0.1) is 11.6 Å². The fourth-order valence-electron chi connectivity index (χ4n) is 8.09. The van der Waals surface area contributed by atoms with Crippen molar-refractivity contribution >= 4 is 27.5 Å². The second kappa shape index (κ2) is 14.7. The molecule has 3 aliphatic rings. The highest BCUT2D eigenvalue weighted by atomic mass is 19.4. The molecular weight excluding hydrogens is 691 g/mol. The average Bonchev–Trinajstić information content (AvgIpc) is 3.68. The number of anilines is 1. The summed E-state index contributed by atoms with van der Waals surface area (Å²) in [5, 5.41) is 13.5. The van der Waals surface area contributed by atoms with E-state index in [1.165, 1.54) is 17.0 Å². The first-order chi connectivity index (χ1) is 24.8. The summed E-state index contributed by atoms with van der Waals surface area (Å²) >= 11 is 0. The van der Waals surface area contributed by atoms with Gasteiger partial charge in [-0.3, -0.25) is 4.90 Å². The van der Waals surface area contributed by atoms with Gasteiger partial charge in [0.05, 0.1) is 11.1 Å². The largest absolute Gasteiger partial charge is 0.508 e. The van der Waals surface area contributed by atoms with Gasteiger partial charge in [0.25, 0.3) is 6.08 Å². The highest BCUT2D eigenvalue weighted by molar-refractivity contribution is 6.04. The number of halogens is 7. The van der Waals surface area contributed by atoms with Crippen molar-refractivity contribution in [3.63, 3.8) is 0 Å². The van der Waals surface area contributed by atoms with E-state index < -0.39 is 58.2 Å². The summed E-state index contributed by atoms with van der Waals surface area (Å²) in [5.74, 6) is -3.10. The van der Waals surface area contributed by atoms with Crippen molar-refractivity contribution in [1.82, 2.24) is 20.2 Å². The Balaban J connectivity index is 0.00000228. The molecule has 3 aromatic carbocycles. The number of nitrogens with zero attached hydrogens (tertiary/aromatic N) is 4. The van der Waals surface area contributed by atoms with Crippen LogP contribution in [0.5, 0.6) is 11.8 Å². The van der Waals surface area contributed by atoms with E-state index in [2.05, 4.69) is 20.2 Å². The Morgan fingerprint density at radius 1 is 1.06 bits per heavy atom. The molecule has 0 radical (unpaired) electrons. The molecule has 280 valence electrons. The first kappa shape index (κ1) is 37.6. The summed E-state index contributed by atoms with van der Waals surface area (Å²) in [4.78, 5) is 12.7. The predicted molar refractivity (Wildman–Crippen MR) is 187 cm³/mol. The first-order valence-corrected chi connectivity index (χ1v) is 17.7. The van der Waals surface area contributed by atoms with E-state index in [0.29, 0.717) is 6.08 Å². The van der Waals surface area contributed by atoms with Gasteiger partial charge in [-0.1, -0.05) is 33.8 Å². The van der Waals surface area contributed by atoms with Crippen LogP contribution in [0.25, 0.3) is 32.8 Å². The molecule has 1 aromatic heterocycles. The maximum absolute atomic E-state index is 17.2. The Morgan fingerprint density at radius 2 is 1.77 bits per heavy atom. The fourth-order valence-corrected chi connectivity index (χ4v) is 8.09. The SMILES string of the molecule is CC.CC(C)c1c(F)ccc2cc(O)cc(-c3c(C(F)(F)F)cc4c(N5CCNC(C=C(F)F)C5)nc(OCC56CCCN5CCC6)nc4c3F)c12. The maximum atomic E-state index is 17.2. The predicted octanol–water partition coefficient (Wildman–Crippen LogP) is 9.17. The summed E-state index contributed by atoms with van der Waals surface area (Å²) in [6.45, 7) is 9.59. The van der Waals surface area contributed by atoms with E-state index in [1.54, 1.807) is 13.8 Å². The molecule has 0 bridgehead atoms. The normalized spacial score (nSPS) is 18.8. The third-order valence-corrected chi connectivity index (χ3v) is 10.2. The van der Waals surface area contributed by atoms with Crippen LogP contribution >= 0.6 is 0 Å². The lowest BCUT2D eigenvalue weighted by atomic mass is 9.87. The highest BCUT2D eigenvalue weighted by Gasteiger charge is 2.45. The zero-order valence-electron chi connectivity index (χ0n) is 29.5. The van der Waals surface area contributed by atoms with E-state index in [0.717, 1.165) is 57.0 Å². The lowest BCUT2D eigenvalue weighted by molar-refractivity contribution is -0.137. The van der Waals surface area contributed by atoms with Crippen molar-refractivity contribution < 1.29 is 40.6 Å². The third-order valence-electron chi connectivity index (χ3n) is 10.2. The zero-order valence-corrected chi connectivity index (χ0v) is 29.5. The monoisotopic (exact) mass is 733 g/mol. The number of alkyl halides is 3. The molecule has 3 fully saturated rings. The number of phenolic OH excluding ortho intramolecular Hbond substituents is 1. The molecule has 2 N–H and O–H groups in total. The van der Waals surface area contributed by atoms with Gasteiger partial charge in [0, 0.05) is 36.6 Å². The molecule has 4 heterocycles. The number of fused-ring (bicyclic) bond motifs is 3. The van der Waals surface area contributed by atoms with Crippen LogP contribution in [-0.4, -0.2) is 70.9 Å². The number of benzene rings is 3. The standard InChI is InChI=1S/C36H36F7N5O2.C2H6/c1-19(2)28-26(37)6-5-20-13-22(49)15-23(29(20)28)30-25(36(41,42)43)16-24-32(31(30)40)45-34(50-18-35-7-3-10-48(35)11-4-8-35)46-33(24)47-12-9-44-21(17-47)14-27(38)39;1-2/h5-6,13-16,19,21,44,49H,3-4,7-12,17-18H2,1-2H3;1-2H3. The van der Waals surface area contributed by atoms with Gasteiger partial charge >= 0.3 is 12.2 Å². The van der Waals surface area contributed by atoms with Crippen LogP contribution < -0.4 is 15.0 Å². The van der Waals surface area contributed by atoms with Gasteiger partial charge in [0.2, 0.25) is 0 Å². The van der Waals surface area contributed by atoms with Gasteiger partial charge in [0.15, 0.2) is 5.82 Å². The molecule has 7 rings (SSSR count). The lowest BCUT2D eigenvalue weighted by Gasteiger charge is -2.34. The first-order valence-electron chi connectivity index (χ1n) is 17.7. The highest BCUT2D eigenvalue weighted by Crippen LogP contribution is 2.48. The summed E-state index contributed by atoms with van der Waals surface area (Å²) < 4.78 is 110. The smallest absolute Gasteiger partial charge is 0.417 e. The molecular formula is C38H42F7N5O2. The van der Waals surface area contributed by atoms with Gasteiger partial charge < -0.3 is 20.1 Å². The minimum absolute atomic E-state index is 0.0268. The summed E-state index contributed by atoms with van der Waals surface area (Å²) in [6.07, 6.45) is -2.64. The number of aromatic nitrogens is 2. The van der Waals surface area contributed by atoms with Crippen molar-refractivity contribution in [2.75, 3.05) is 44.2 Å². The van der Waals surface area contributed by atoms with E-state index >= 15 is 22.0 Å². The van der Waals surface area contributed by atoms with E-state index in [9.17, 15) is 13.9 Å². The Morgan fingerprint density at radius 3 is 2.42 bits per heavy atom. The van der Waals surface area contributed by atoms with Crippen LogP contribution in [0.15, 0.2) is 42.5 Å². The molecule has 4 aromatic rings. The molecule has 1 atom stereocenters. The van der Waals surface area contributed by atoms with Gasteiger partial charge in [-0.15, -0.1) is 0 Å². The van der Waals surface area contributed by atoms with E-state index in [1.807, 2.05) is 13.8 Å². The molecule has 3 saturated heterocycles. The molecule has 0 saturated carbocycles. The number of phenols is 1. The van der Waals surface area contributed by atoms with E-state index in [4.69, 9.17) is 4.74 Å². The Kier molecular flexibility index (Phi) is 10.6. The second-order valence-corrected chi connectivity index (χ2v) is 13.7. The number of hydrogen-bond acceptors (Lipinski definition) is 7. The van der Waals surface area contributed by atoms with Crippen LogP contribution in [-0.2, 0) is 6.18 Å². The molecule has 3 aliphatic heterocycles. The average molecular weight is 734 g/mol. The van der Waals surface area contributed by atoms with Crippen LogP contribution in [0.4, 0.5) is 36.6 Å². The Labute approximate surface area is 297 Å². The van der Waals surface area contributed by atoms with Gasteiger partial charge in [-0.25, -0.2) is 8.78 Å². The van der Waals surface area contributed by atoms with Gasteiger partial charge in [-0.2, -0.15) is 31.9 Å². The number of piperazine rings is 1. The third kappa shape index (κ3) is 6.99. The van der Waals surface area contributed by atoms with Crippen molar-refractivity contribution in [1.29, 1.82) is 0 Å². The lowest BCUT2D eigenvalue weighted by Crippen LogP contribution is -2.50. The molecule has 1 unspecified atom stereocenters. The topological polar surface area (TPSA) is 73.8 Å². The van der Waals surface area contributed by atoms with Gasteiger partial charge in [0.1, 0.15) is 29.5 Å². The number of aromatic hydroxyl groups is 1. The summed E-state index contributed by atoms with van der Waals surface area (Å²) in [7, 11) is 0. The number of ether oxygens (including phenoxy) is 1. The Hall–Kier alpha value is -4.17. The fraction of sp³-hybridized carbons (Fsp3) is 0.474. The molecule has 0 aliphatic carbocycles. The molecule has 0 amide bonds. The van der Waals surface area contributed by atoms with E-state index in [-0.39, 0.29) is 70.9 Å². The molecule has 52 heavy (non-hydrogen) atoms. The van der Waals surface area contributed by atoms with Crippen molar-refractivity contribution in [2.45, 2.75) is 77.1 Å². The van der Waals surface area contributed by atoms with Crippen molar-refractivity contribution in [3.8, 4) is 22.9 Å². The van der Waals surface area contributed by atoms with Crippen LogP contribution in [0.1, 0.15) is 70.4 Å². The molecule has 14 heteroatoms. The van der Waals surface area contributed by atoms with Crippen LogP contribution in [0.3, 0.4) is 0 Å². The molecule has 7 nitrogen and oxygen atoms in total. The summed E-state index contributed by atoms with van der Waals surface area (Å²) in [5.41, 5.74) is -3.33. The minimum Gasteiger partial charge on any atom is -0.508 e. The van der Waals surface area contributed by atoms with Crippen molar-refractivity contribution in [2.24, 2.45) is 0 Å². The summed E-state index contributed by atoms with van der Waals surface area (Å²) in [6, 6.07) is 4.39. The van der Waals surface area contributed by atoms with Gasteiger partial charge in [-0.05, 0) is 96.9 Å². The zero-order chi connectivity index (χ0) is 37.5. The number of rotatable bonds is 7.